The number of piperidine rings is 1. The van der Waals surface area contributed by atoms with Crippen LogP contribution in [0.15, 0.2) is 49.1 Å². The zero-order valence-corrected chi connectivity index (χ0v) is 20.6. The number of hydrogen-bond acceptors (Lipinski definition) is 5. The second-order valence-electron chi connectivity index (χ2n) is 8.98. The number of pyridine rings is 1. The van der Waals surface area contributed by atoms with Gasteiger partial charge in [0.05, 0.1) is 24.0 Å². The van der Waals surface area contributed by atoms with E-state index in [0.717, 1.165) is 54.0 Å². The third-order valence-electron chi connectivity index (χ3n) is 6.80. The van der Waals surface area contributed by atoms with Gasteiger partial charge < -0.3 is 10.3 Å². The highest BCUT2D eigenvalue weighted by Crippen LogP contribution is 2.44. The molecule has 1 aliphatic carbocycles. The number of benzene rings is 1. The Labute approximate surface area is 205 Å². The zero-order chi connectivity index (χ0) is 23.7. The summed E-state index contributed by atoms with van der Waals surface area (Å²) in [6.45, 7) is 1.80. The fourth-order valence-electron chi connectivity index (χ4n) is 5.14. The van der Waals surface area contributed by atoms with Crippen molar-refractivity contribution in [1.82, 2.24) is 24.6 Å². The fraction of sp³-hybridized carbons (Fsp3) is 0.360. The van der Waals surface area contributed by atoms with Crippen LogP contribution in [0.5, 0.6) is 0 Å². The topological polar surface area (TPSA) is 91.0 Å². The minimum Gasteiger partial charge on any atom is -0.384 e. The van der Waals surface area contributed by atoms with E-state index in [-0.39, 0.29) is 11.8 Å². The van der Waals surface area contributed by atoms with Gasteiger partial charge >= 0.3 is 0 Å². The molecule has 2 N–H and O–H groups in total. The highest BCUT2D eigenvalue weighted by atomic mass is 35.5. The van der Waals surface area contributed by atoms with E-state index in [1.165, 1.54) is 11.8 Å². The minimum atomic E-state index is -3.18. The molecule has 2 aliphatic rings. The third-order valence-corrected chi connectivity index (χ3v) is 8.34. The predicted octanol–water partition coefficient (Wildman–Crippen LogP) is 3.91. The predicted molar refractivity (Wildman–Crippen MR) is 135 cm³/mol. The molecule has 2 aromatic heterocycles. The van der Waals surface area contributed by atoms with Crippen molar-refractivity contribution in [3.63, 3.8) is 0 Å². The average molecular weight is 498 g/mol. The lowest BCUT2D eigenvalue weighted by Crippen LogP contribution is -2.39. The van der Waals surface area contributed by atoms with Crippen molar-refractivity contribution in [3.05, 3.63) is 82.2 Å². The van der Waals surface area contributed by atoms with Crippen LogP contribution in [0.1, 0.15) is 46.8 Å². The van der Waals surface area contributed by atoms with Crippen LogP contribution < -0.4 is 5.32 Å². The summed E-state index contributed by atoms with van der Waals surface area (Å²) < 4.78 is 25.7. The average Bonchev–Trinajstić information content (AvgIpc) is 3.29. The largest absolute Gasteiger partial charge is 0.384 e. The fourth-order valence-corrected chi connectivity index (χ4v) is 6.20. The molecular weight excluding hydrogens is 470 g/mol. The van der Waals surface area contributed by atoms with E-state index < -0.39 is 10.0 Å². The van der Waals surface area contributed by atoms with Gasteiger partial charge in [-0.05, 0) is 60.2 Å². The van der Waals surface area contributed by atoms with E-state index in [1.807, 2.05) is 30.6 Å². The van der Waals surface area contributed by atoms with Gasteiger partial charge in [-0.2, -0.15) is 0 Å². The molecule has 0 radical (unpaired) electrons. The molecular formula is C25H28ClN5O2S. The molecule has 3 heterocycles. The minimum absolute atomic E-state index is 0.0621. The van der Waals surface area contributed by atoms with Gasteiger partial charge in [-0.15, -0.1) is 0 Å². The third kappa shape index (κ3) is 4.76. The van der Waals surface area contributed by atoms with Crippen LogP contribution in [-0.4, -0.2) is 53.6 Å². The molecule has 34 heavy (non-hydrogen) atoms. The lowest BCUT2D eigenvalue weighted by molar-refractivity contribution is 0.256. The van der Waals surface area contributed by atoms with Crippen LogP contribution in [0.4, 0.5) is 0 Å². The lowest BCUT2D eigenvalue weighted by atomic mass is 9.76. The molecule has 0 saturated carbocycles. The highest BCUT2D eigenvalue weighted by Gasteiger charge is 2.35. The Bertz CT molecular complexity index is 1300. The number of H-pyrrole nitrogens is 1. The number of imidazole rings is 1. The Balaban J connectivity index is 1.50. The van der Waals surface area contributed by atoms with Crippen LogP contribution in [0, 0.1) is 5.92 Å². The van der Waals surface area contributed by atoms with E-state index in [1.54, 1.807) is 10.6 Å². The van der Waals surface area contributed by atoms with Gasteiger partial charge in [0.1, 0.15) is 0 Å². The smallest absolute Gasteiger partial charge is 0.211 e. The summed E-state index contributed by atoms with van der Waals surface area (Å²) >= 11 is 6.41. The zero-order valence-electron chi connectivity index (χ0n) is 19.0. The van der Waals surface area contributed by atoms with Gasteiger partial charge in [0.15, 0.2) is 0 Å². The van der Waals surface area contributed by atoms with Crippen molar-refractivity contribution < 1.29 is 8.42 Å². The first-order chi connectivity index (χ1) is 16.4. The summed E-state index contributed by atoms with van der Waals surface area (Å²) in [6, 6.07) is 10.1. The number of rotatable bonds is 6. The molecule has 0 amide bonds. The molecule has 0 spiro atoms. The Morgan fingerprint density at radius 1 is 1.21 bits per heavy atom. The van der Waals surface area contributed by atoms with Crippen LogP contribution in [-0.2, 0) is 16.4 Å². The van der Waals surface area contributed by atoms with Crippen LogP contribution in [0.3, 0.4) is 0 Å². The van der Waals surface area contributed by atoms with Crippen molar-refractivity contribution >= 4 is 33.4 Å². The van der Waals surface area contributed by atoms with E-state index in [0.29, 0.717) is 18.1 Å². The monoisotopic (exact) mass is 497 g/mol. The Hall–Kier alpha value is -2.68. The Morgan fingerprint density at radius 2 is 2.03 bits per heavy atom. The van der Waals surface area contributed by atoms with Gasteiger partial charge in [0.25, 0.3) is 0 Å². The second kappa shape index (κ2) is 9.52. The van der Waals surface area contributed by atoms with Crippen LogP contribution >= 0.6 is 11.6 Å². The summed E-state index contributed by atoms with van der Waals surface area (Å²) in [5, 5.41) is 4.29. The molecule has 3 aromatic rings. The van der Waals surface area contributed by atoms with E-state index in [2.05, 4.69) is 33.5 Å². The Kier molecular flexibility index (Phi) is 6.46. The van der Waals surface area contributed by atoms with Crippen molar-refractivity contribution in [2.45, 2.75) is 25.2 Å². The quantitative estimate of drug-likeness (QED) is 0.539. The maximum absolute atomic E-state index is 12.1. The number of aromatic amines is 1. The molecule has 7 nitrogen and oxygen atoms in total. The molecule has 0 bridgehead atoms. The standard InChI is InChI=1S/C25H28ClN5O2S/c1-34(32,33)31-11-7-17(8-12-31)24-21-5-4-19(26)13-18(21)14-23(22-3-2-9-29-25(22)24)28-10-6-20-15-27-16-30-20/h2-5,9,13-17,24,28H,6-8,10-12H2,1H3,(H,27,30). The van der Waals surface area contributed by atoms with Gasteiger partial charge in [0, 0.05) is 60.6 Å². The maximum Gasteiger partial charge on any atom is 0.211 e. The SMILES string of the molecule is CS(=O)(=O)N1CCC(C2c3ccc(Cl)cc3C=C(NCCc3c[nH]cn3)c3cccnc32)CC1. The van der Waals surface area contributed by atoms with Crippen molar-refractivity contribution in [2.75, 3.05) is 25.9 Å². The van der Waals surface area contributed by atoms with Gasteiger partial charge in [-0.25, -0.2) is 17.7 Å². The Morgan fingerprint density at radius 3 is 2.76 bits per heavy atom. The van der Waals surface area contributed by atoms with Gasteiger partial charge in [-0.3, -0.25) is 4.98 Å². The molecule has 1 saturated heterocycles. The molecule has 1 aliphatic heterocycles. The number of hydrogen-bond donors (Lipinski definition) is 2. The summed E-state index contributed by atoms with van der Waals surface area (Å²) in [5.41, 5.74) is 6.38. The van der Waals surface area contributed by atoms with Crippen molar-refractivity contribution in [3.8, 4) is 0 Å². The van der Waals surface area contributed by atoms with Gasteiger partial charge in [0.2, 0.25) is 10.0 Å². The van der Waals surface area contributed by atoms with E-state index in [4.69, 9.17) is 16.6 Å². The summed E-state index contributed by atoms with van der Waals surface area (Å²) in [6.07, 6.45) is 11.3. The molecule has 1 unspecified atom stereocenters. The van der Waals surface area contributed by atoms with E-state index >= 15 is 0 Å². The normalized spacial score (nSPS) is 19.1. The molecule has 1 fully saturated rings. The first kappa shape index (κ1) is 23.1. The second-order valence-corrected chi connectivity index (χ2v) is 11.4. The molecule has 1 aromatic carbocycles. The number of nitrogens with zero attached hydrogens (tertiary/aromatic N) is 3. The maximum atomic E-state index is 12.1. The van der Waals surface area contributed by atoms with Crippen LogP contribution in [0.2, 0.25) is 5.02 Å². The molecule has 5 rings (SSSR count). The lowest BCUT2D eigenvalue weighted by Gasteiger charge is -2.35. The highest BCUT2D eigenvalue weighted by molar-refractivity contribution is 7.88. The summed E-state index contributed by atoms with van der Waals surface area (Å²) in [4.78, 5) is 12.2. The molecule has 1 atom stereocenters. The number of sulfonamides is 1. The first-order valence-electron chi connectivity index (χ1n) is 11.5. The van der Waals surface area contributed by atoms with Crippen molar-refractivity contribution in [2.24, 2.45) is 5.92 Å². The number of nitrogens with one attached hydrogen (secondary N) is 2. The number of aromatic nitrogens is 3. The van der Waals surface area contributed by atoms with E-state index in [9.17, 15) is 8.42 Å². The first-order valence-corrected chi connectivity index (χ1v) is 13.8. The van der Waals surface area contributed by atoms with Crippen molar-refractivity contribution in [1.29, 1.82) is 0 Å². The molecule has 9 heteroatoms. The van der Waals surface area contributed by atoms with Gasteiger partial charge in [-0.1, -0.05) is 17.7 Å². The summed E-state index contributed by atoms with van der Waals surface area (Å²) in [7, 11) is -3.18. The number of fused-ring (bicyclic) bond motifs is 2. The number of halogens is 1. The molecule has 178 valence electrons. The summed E-state index contributed by atoms with van der Waals surface area (Å²) in [5.74, 6) is 0.343. The van der Waals surface area contributed by atoms with Crippen LogP contribution in [0.25, 0.3) is 11.8 Å².